The zero-order valence-corrected chi connectivity index (χ0v) is 55.4. The minimum atomic E-state index is -1.57. The largest absolute Gasteiger partial charge is 1.00 e. The summed E-state index contributed by atoms with van der Waals surface area (Å²) in [6, 6.07) is 65.7. The predicted molar refractivity (Wildman–Crippen MR) is 391 cm³/mol. The highest BCUT2D eigenvalue weighted by molar-refractivity contribution is 9.09. The van der Waals surface area contributed by atoms with Gasteiger partial charge in [-0.05, 0) is 107 Å². The molecule has 0 unspecified atom stereocenters. The van der Waals surface area contributed by atoms with Crippen molar-refractivity contribution < 1.29 is 26.5 Å². The number of methoxy groups -OCH3 is 2. The van der Waals surface area contributed by atoms with Crippen molar-refractivity contribution in [1.82, 2.24) is 0 Å². The van der Waals surface area contributed by atoms with E-state index in [-0.39, 0.29) is 42.2 Å². The van der Waals surface area contributed by atoms with Gasteiger partial charge in [0.25, 0.3) is 0 Å². The van der Waals surface area contributed by atoms with E-state index < -0.39 is 15.2 Å². The lowest BCUT2D eigenvalue weighted by Crippen LogP contribution is -3.00. The lowest BCUT2D eigenvalue weighted by atomic mass is 10.2. The van der Waals surface area contributed by atoms with Crippen molar-refractivity contribution in [3.05, 3.63) is 218 Å². The second kappa shape index (κ2) is 68.3. The predicted octanol–water partition coefficient (Wildman–Crippen LogP) is 12.4. The number of benzene rings is 6. The van der Waals surface area contributed by atoms with Crippen LogP contribution in [0.2, 0.25) is 0 Å². The molecule has 0 aromatic heterocycles. The molecule has 0 aliphatic heterocycles. The van der Waals surface area contributed by atoms with Gasteiger partial charge in [-0.25, -0.2) is 0 Å². The van der Waals surface area contributed by atoms with Crippen LogP contribution >= 0.6 is 42.7 Å². The summed E-state index contributed by atoms with van der Waals surface area (Å²) in [6.45, 7) is 20.9. The Balaban J connectivity index is -0.000000215. The first-order chi connectivity index (χ1) is 37.3. The van der Waals surface area contributed by atoms with Crippen LogP contribution in [-0.2, 0) is 9.47 Å². The Labute approximate surface area is 525 Å². The molecule has 0 fully saturated rings. The van der Waals surface area contributed by atoms with Gasteiger partial charge in [0.15, 0.2) is 0 Å². The van der Waals surface area contributed by atoms with Crippen LogP contribution < -0.4 is 48.8 Å². The first-order valence-electron chi connectivity index (χ1n) is 28.2. The van der Waals surface area contributed by atoms with E-state index in [1.54, 1.807) is 14.2 Å². The van der Waals surface area contributed by atoms with E-state index in [2.05, 4.69) is 259 Å². The van der Waals surface area contributed by atoms with Gasteiger partial charge in [-0.15, -0.1) is 11.6 Å². The third-order valence-electron chi connectivity index (χ3n) is 11.1. The highest BCUT2D eigenvalue weighted by Crippen LogP contribution is 2.55. The minimum Gasteiger partial charge on any atom is -1.00 e. The number of hydrogen-bond acceptors (Lipinski definition) is 2. The van der Waals surface area contributed by atoms with Crippen LogP contribution in [0.5, 0.6) is 0 Å². The Hall–Kier alpha value is -3.24. The van der Waals surface area contributed by atoms with Crippen LogP contribution in [0.15, 0.2) is 218 Å². The summed E-state index contributed by atoms with van der Waals surface area (Å²) in [5.74, 6) is 0.635. The number of halogens is 3. The molecular formula is C70H115B3Br2ClO2P2-3. The molecule has 450 valence electrons. The molecule has 0 aliphatic carbocycles. The Morgan fingerprint density at radius 1 is 0.425 bits per heavy atom. The molecule has 6 rings (SSSR count). The van der Waals surface area contributed by atoms with Gasteiger partial charge in [0.1, 0.15) is 23.2 Å². The number of ether oxygens (including phenoxy) is 2. The monoisotopic (exact) mass is 1280 g/mol. The molecule has 80 heavy (non-hydrogen) atoms. The topological polar surface area (TPSA) is 18.5 Å². The Bertz CT molecular complexity index is 1920. The Morgan fingerprint density at radius 2 is 0.750 bits per heavy atom. The highest BCUT2D eigenvalue weighted by Gasteiger charge is 2.44. The van der Waals surface area contributed by atoms with Crippen molar-refractivity contribution in [2.75, 3.05) is 44.8 Å². The van der Waals surface area contributed by atoms with Crippen molar-refractivity contribution in [2.24, 2.45) is 0 Å². The van der Waals surface area contributed by atoms with Gasteiger partial charge in [0.2, 0.25) is 0 Å². The third kappa shape index (κ3) is 44.4. The van der Waals surface area contributed by atoms with E-state index in [0.29, 0.717) is 5.88 Å². The van der Waals surface area contributed by atoms with E-state index in [4.69, 9.17) is 21.1 Å². The first kappa shape index (κ1) is 88.0. The third-order valence-corrected chi connectivity index (χ3v) is 18.9. The Morgan fingerprint density at radius 3 is 0.938 bits per heavy atom. The second-order valence-corrected chi connectivity index (χ2v) is 24.4. The molecule has 2 nitrogen and oxygen atoms in total. The molecule has 0 amide bonds. The zero-order valence-electron chi connectivity index (χ0n) is 49.7. The average molecular weight is 1280 g/mol. The number of alkyl halides is 2. The zero-order chi connectivity index (χ0) is 56.4. The van der Waals surface area contributed by atoms with Crippen molar-refractivity contribution >= 4 is 99.8 Å². The van der Waals surface area contributed by atoms with Crippen LogP contribution in [0, 0.1) is 0 Å². The van der Waals surface area contributed by atoms with Crippen molar-refractivity contribution in [2.45, 2.75) is 139 Å². The van der Waals surface area contributed by atoms with Gasteiger partial charge in [0, 0.05) is 32.0 Å². The molecule has 6 aromatic rings. The second-order valence-electron chi connectivity index (χ2n) is 17.4. The van der Waals surface area contributed by atoms with Gasteiger partial charge in [-0.2, -0.15) is 0 Å². The molecule has 6 aromatic carbocycles. The number of hydrogen-bond donors (Lipinski definition) is 0. The summed E-state index contributed by atoms with van der Waals surface area (Å²) in [7, 11) is 1.40. The van der Waals surface area contributed by atoms with Gasteiger partial charge in [0.05, 0.1) is 12.8 Å². The fourth-order valence-electron chi connectivity index (χ4n) is 6.99. The fraction of sp³-hybridized carbons (Fsp3) is 0.400. The number of rotatable bonds is 22. The summed E-state index contributed by atoms with van der Waals surface area (Å²) in [6.07, 6.45) is 28.8. The van der Waals surface area contributed by atoms with Crippen LogP contribution in [0.1, 0.15) is 139 Å². The normalized spacial score (nSPS) is 9.82. The molecule has 0 spiro atoms. The average Bonchev–Trinajstić information content (AvgIpc) is 3.48. The number of allylic oxidation sites excluding steroid dienone is 5. The standard InChI is InChI=1S/C22H24P.C18H15P.C6H14.C6H12.C5H12O.C5H10O.C4H9Br.C4H7Cl.3BH4.BrH/c1-2-3-19-23(20-13-7-4-8-14-20,21-15-9-5-10-16-21)22-17-11-6-12-18-22;1-4-10-16(11-5-1)19(17-12-6-2-7-13-17)18-14-8-3-9-15-18;2*1-3-5-6-4-2;2*1-3-4-5-6-2;2*1-2-3-4-5;;;;/h4-18H,2-3,19H2,1H3;1-15H;3-6H2,1-2H3;3,5H,4,6H2,1-2H3;3-5H2,1-2H3;3-4H,5H2,1-2H3;2-4H2,1H3;2-3H,4H2,1H3;3*1H4;1H/q+1;;;;;;;;3*-1;/p-1/b;;;5-3-;;4-3+;;3-2-;;;;. The van der Waals surface area contributed by atoms with E-state index in [9.17, 15) is 0 Å². The van der Waals surface area contributed by atoms with Crippen molar-refractivity contribution in [3.63, 3.8) is 0 Å². The van der Waals surface area contributed by atoms with E-state index in [1.165, 1.54) is 115 Å². The van der Waals surface area contributed by atoms with Crippen LogP contribution in [0.25, 0.3) is 0 Å². The molecule has 0 heterocycles. The molecule has 0 atom stereocenters. The SMILES string of the molecule is C/C=C/COC.C/C=C\CCC.C/C=C\CCl.CCCCBr.CCCCCC.CCCCOC.CCCC[P+](c1ccccc1)(c1ccccc1)c1ccccc1.[BH4-].[BH4-].[BH4-].[Br-].c1ccc(P(c2ccccc2)c2ccccc2)cc1. The Kier molecular flexibility index (Phi) is 75.1. The van der Waals surface area contributed by atoms with Gasteiger partial charge < -0.3 is 26.5 Å². The van der Waals surface area contributed by atoms with Crippen LogP contribution in [0.3, 0.4) is 0 Å². The molecule has 0 aliphatic rings. The molecule has 10 heteroatoms. The first-order valence-corrected chi connectivity index (χ1v) is 33.2. The molecule has 0 radical (unpaired) electrons. The fourth-order valence-corrected chi connectivity index (χ4v) is 14.5. The van der Waals surface area contributed by atoms with Crippen LogP contribution in [-0.4, -0.2) is 70.0 Å². The summed E-state index contributed by atoms with van der Waals surface area (Å²) in [4.78, 5) is 0. The smallest absolute Gasteiger partial charge is 0.112 e. The minimum absolute atomic E-state index is 0. The van der Waals surface area contributed by atoms with Gasteiger partial charge >= 0.3 is 0 Å². The summed E-state index contributed by atoms with van der Waals surface area (Å²) >= 11 is 8.52. The summed E-state index contributed by atoms with van der Waals surface area (Å²) in [5, 5.41) is 9.82. The van der Waals surface area contributed by atoms with E-state index in [1.807, 2.05) is 38.2 Å². The molecule has 0 N–H and O–H groups in total. The highest BCUT2D eigenvalue weighted by atomic mass is 79.9. The maximum Gasteiger partial charge on any atom is 0.112 e. The van der Waals surface area contributed by atoms with Gasteiger partial charge in [-0.3, -0.25) is 0 Å². The molecule has 0 saturated carbocycles. The molecule has 0 saturated heterocycles. The van der Waals surface area contributed by atoms with E-state index in [0.717, 1.165) is 18.5 Å². The van der Waals surface area contributed by atoms with E-state index >= 15 is 0 Å². The molecular weight excluding hydrogens is 1160 g/mol. The maximum atomic E-state index is 5.21. The van der Waals surface area contributed by atoms with Crippen molar-refractivity contribution in [3.8, 4) is 0 Å². The lowest BCUT2D eigenvalue weighted by molar-refractivity contribution is -0.0000169. The number of unbranched alkanes of at least 4 members (excludes halogenated alkanes) is 7. The maximum absolute atomic E-state index is 5.21. The lowest BCUT2D eigenvalue weighted by Gasteiger charge is -2.27. The van der Waals surface area contributed by atoms with Crippen molar-refractivity contribution in [1.29, 1.82) is 0 Å². The van der Waals surface area contributed by atoms with Gasteiger partial charge in [-0.1, -0.05) is 316 Å². The summed E-state index contributed by atoms with van der Waals surface area (Å²) < 4.78 is 9.48. The molecule has 0 bridgehead atoms. The van der Waals surface area contributed by atoms with Crippen LogP contribution in [0.4, 0.5) is 0 Å². The summed E-state index contributed by atoms with van der Waals surface area (Å²) in [5.41, 5.74) is 0. The quantitative estimate of drug-likeness (QED) is 0.0222.